The minimum Gasteiger partial charge on any atom is -0.497 e. The van der Waals surface area contributed by atoms with Gasteiger partial charge in [0, 0.05) is 22.2 Å². The number of H-pyrrole nitrogens is 1. The summed E-state index contributed by atoms with van der Waals surface area (Å²) in [6, 6.07) is 13.2. The van der Waals surface area contributed by atoms with Gasteiger partial charge in [-0.15, -0.1) is 0 Å². The monoisotopic (exact) mass is 350 g/mol. The molecule has 3 aromatic rings. The Morgan fingerprint density at radius 3 is 2.54 bits per heavy atom. The molecule has 1 atom stereocenters. The fourth-order valence-corrected chi connectivity index (χ4v) is 3.70. The molecule has 0 saturated carbocycles. The SMILES string of the molecule is COc1ccc(C(=O)NC2CCCc3c2[nH]c2ccc(OC)cc32)cc1. The Labute approximate surface area is 152 Å². The molecule has 1 aliphatic carbocycles. The smallest absolute Gasteiger partial charge is 0.251 e. The highest BCUT2D eigenvalue weighted by atomic mass is 16.5. The minimum atomic E-state index is -0.0678. The number of benzene rings is 2. The third-order valence-electron chi connectivity index (χ3n) is 5.07. The molecule has 2 aromatic carbocycles. The molecule has 0 radical (unpaired) electrons. The van der Waals surface area contributed by atoms with E-state index in [2.05, 4.69) is 16.4 Å². The van der Waals surface area contributed by atoms with Crippen LogP contribution in [0.4, 0.5) is 0 Å². The Morgan fingerprint density at radius 2 is 1.81 bits per heavy atom. The number of hydrogen-bond donors (Lipinski definition) is 2. The fraction of sp³-hybridized carbons (Fsp3) is 0.286. The number of methoxy groups -OCH3 is 2. The summed E-state index contributed by atoms with van der Waals surface area (Å²) in [5.41, 5.74) is 4.11. The van der Waals surface area contributed by atoms with E-state index in [1.165, 1.54) is 10.9 Å². The number of rotatable bonds is 4. The quantitative estimate of drug-likeness (QED) is 0.748. The third kappa shape index (κ3) is 2.90. The van der Waals surface area contributed by atoms with E-state index in [1.54, 1.807) is 38.5 Å². The molecule has 134 valence electrons. The summed E-state index contributed by atoms with van der Waals surface area (Å²) < 4.78 is 10.5. The molecule has 0 bridgehead atoms. The first-order valence-corrected chi connectivity index (χ1v) is 8.83. The molecule has 26 heavy (non-hydrogen) atoms. The summed E-state index contributed by atoms with van der Waals surface area (Å²) in [6.45, 7) is 0. The van der Waals surface area contributed by atoms with Crippen molar-refractivity contribution in [3.05, 3.63) is 59.3 Å². The number of carbonyl (C=O) groups is 1. The van der Waals surface area contributed by atoms with Crippen molar-refractivity contribution in [3.8, 4) is 11.5 Å². The summed E-state index contributed by atoms with van der Waals surface area (Å²) in [5, 5.41) is 4.36. The van der Waals surface area contributed by atoms with Gasteiger partial charge in [-0.3, -0.25) is 4.79 Å². The molecule has 0 fully saturated rings. The van der Waals surface area contributed by atoms with Crippen molar-refractivity contribution in [2.75, 3.05) is 14.2 Å². The molecule has 5 heteroatoms. The third-order valence-corrected chi connectivity index (χ3v) is 5.07. The standard InChI is InChI=1S/C21H22N2O3/c1-25-14-8-6-13(7-9-14)21(24)23-19-5-3-4-16-17-12-15(26-2)10-11-18(17)22-20(16)19/h6-12,19,22H,3-5H2,1-2H3,(H,23,24). The average Bonchev–Trinajstić information content (AvgIpc) is 3.07. The van der Waals surface area contributed by atoms with Gasteiger partial charge in [0.15, 0.2) is 0 Å². The van der Waals surface area contributed by atoms with Gasteiger partial charge in [0.05, 0.1) is 20.3 Å². The molecule has 2 N–H and O–H groups in total. The highest BCUT2D eigenvalue weighted by Crippen LogP contribution is 2.36. The van der Waals surface area contributed by atoms with Crippen LogP contribution in [0.5, 0.6) is 11.5 Å². The maximum Gasteiger partial charge on any atom is 0.251 e. The largest absolute Gasteiger partial charge is 0.497 e. The molecule has 1 aliphatic rings. The van der Waals surface area contributed by atoms with Crippen LogP contribution in [0.25, 0.3) is 10.9 Å². The zero-order chi connectivity index (χ0) is 18.1. The summed E-state index contributed by atoms with van der Waals surface area (Å²) >= 11 is 0. The summed E-state index contributed by atoms with van der Waals surface area (Å²) in [5.74, 6) is 1.52. The normalized spacial score (nSPS) is 16.2. The number of fused-ring (bicyclic) bond motifs is 3. The molecular weight excluding hydrogens is 328 g/mol. The summed E-state index contributed by atoms with van der Waals surface area (Å²) in [4.78, 5) is 16.2. The second-order valence-electron chi connectivity index (χ2n) is 6.58. The van der Waals surface area contributed by atoms with Gasteiger partial charge in [-0.05, 0) is 67.3 Å². The van der Waals surface area contributed by atoms with Crippen LogP contribution >= 0.6 is 0 Å². The second-order valence-corrected chi connectivity index (χ2v) is 6.58. The van der Waals surface area contributed by atoms with Gasteiger partial charge in [0.1, 0.15) is 11.5 Å². The van der Waals surface area contributed by atoms with E-state index in [4.69, 9.17) is 9.47 Å². The molecule has 0 saturated heterocycles. The first kappa shape index (κ1) is 16.5. The van der Waals surface area contributed by atoms with Gasteiger partial charge < -0.3 is 19.8 Å². The number of ether oxygens (including phenoxy) is 2. The molecule has 0 aliphatic heterocycles. The summed E-state index contributed by atoms with van der Waals surface area (Å²) in [6.07, 6.45) is 2.99. The van der Waals surface area contributed by atoms with Gasteiger partial charge in [-0.25, -0.2) is 0 Å². The molecular formula is C21H22N2O3. The predicted octanol–water partition coefficient (Wildman–Crippen LogP) is 3.99. The van der Waals surface area contributed by atoms with E-state index in [-0.39, 0.29) is 11.9 Å². The van der Waals surface area contributed by atoms with Crippen molar-refractivity contribution >= 4 is 16.8 Å². The van der Waals surface area contributed by atoms with Gasteiger partial charge in [0.2, 0.25) is 0 Å². The predicted molar refractivity (Wildman–Crippen MR) is 101 cm³/mol. The van der Waals surface area contributed by atoms with E-state index in [9.17, 15) is 4.79 Å². The molecule has 0 spiro atoms. The Kier molecular flexibility index (Phi) is 4.29. The average molecular weight is 350 g/mol. The van der Waals surface area contributed by atoms with Gasteiger partial charge in [0.25, 0.3) is 5.91 Å². The van der Waals surface area contributed by atoms with Crippen LogP contribution < -0.4 is 14.8 Å². The van der Waals surface area contributed by atoms with Crippen LogP contribution in [-0.2, 0) is 6.42 Å². The van der Waals surface area contributed by atoms with Crippen molar-refractivity contribution in [2.24, 2.45) is 0 Å². The highest BCUT2D eigenvalue weighted by molar-refractivity contribution is 5.95. The van der Waals surface area contributed by atoms with Crippen LogP contribution in [0.3, 0.4) is 0 Å². The first-order valence-electron chi connectivity index (χ1n) is 8.83. The van der Waals surface area contributed by atoms with Crippen LogP contribution in [0.1, 0.15) is 40.5 Å². The fourth-order valence-electron chi connectivity index (χ4n) is 3.70. The second kappa shape index (κ2) is 6.75. The van der Waals surface area contributed by atoms with Crippen LogP contribution in [0, 0.1) is 0 Å². The zero-order valence-electron chi connectivity index (χ0n) is 15.0. The lowest BCUT2D eigenvalue weighted by Gasteiger charge is -2.24. The zero-order valence-corrected chi connectivity index (χ0v) is 15.0. The molecule has 5 nitrogen and oxygen atoms in total. The molecule has 4 rings (SSSR count). The maximum atomic E-state index is 12.7. The van der Waals surface area contributed by atoms with Gasteiger partial charge in [-0.2, -0.15) is 0 Å². The van der Waals surface area contributed by atoms with Crippen molar-refractivity contribution in [2.45, 2.75) is 25.3 Å². The molecule has 1 aromatic heterocycles. The molecule has 1 unspecified atom stereocenters. The number of carbonyl (C=O) groups excluding carboxylic acids is 1. The van der Waals surface area contributed by atoms with Crippen molar-refractivity contribution in [3.63, 3.8) is 0 Å². The Morgan fingerprint density at radius 1 is 1.08 bits per heavy atom. The Balaban J connectivity index is 1.62. The van der Waals surface area contributed by atoms with Crippen molar-refractivity contribution < 1.29 is 14.3 Å². The number of aromatic nitrogens is 1. The van der Waals surface area contributed by atoms with Gasteiger partial charge in [-0.1, -0.05) is 0 Å². The van der Waals surface area contributed by atoms with E-state index >= 15 is 0 Å². The number of hydrogen-bond acceptors (Lipinski definition) is 3. The Bertz CT molecular complexity index is 944. The lowest BCUT2D eigenvalue weighted by Crippen LogP contribution is -2.31. The van der Waals surface area contributed by atoms with E-state index < -0.39 is 0 Å². The van der Waals surface area contributed by atoms with Crippen LogP contribution in [0.2, 0.25) is 0 Å². The molecule has 1 heterocycles. The highest BCUT2D eigenvalue weighted by Gasteiger charge is 2.26. The van der Waals surface area contributed by atoms with Crippen LogP contribution in [-0.4, -0.2) is 25.1 Å². The van der Waals surface area contributed by atoms with E-state index in [0.717, 1.165) is 42.0 Å². The first-order chi connectivity index (χ1) is 12.7. The summed E-state index contributed by atoms with van der Waals surface area (Å²) in [7, 11) is 3.29. The number of nitrogens with one attached hydrogen (secondary N) is 2. The van der Waals surface area contributed by atoms with Crippen molar-refractivity contribution in [1.29, 1.82) is 0 Å². The number of aryl methyl sites for hydroxylation is 1. The van der Waals surface area contributed by atoms with Crippen molar-refractivity contribution in [1.82, 2.24) is 10.3 Å². The van der Waals surface area contributed by atoms with Gasteiger partial charge >= 0.3 is 0 Å². The van der Waals surface area contributed by atoms with Crippen LogP contribution in [0.15, 0.2) is 42.5 Å². The number of aromatic amines is 1. The van der Waals surface area contributed by atoms with E-state index in [1.807, 2.05) is 12.1 Å². The lowest BCUT2D eigenvalue weighted by molar-refractivity contribution is 0.0932. The Hall–Kier alpha value is -2.95. The maximum absolute atomic E-state index is 12.7. The topological polar surface area (TPSA) is 63.3 Å². The van der Waals surface area contributed by atoms with E-state index in [0.29, 0.717) is 5.56 Å². The lowest BCUT2D eigenvalue weighted by atomic mass is 9.91. The number of amides is 1. The molecule has 1 amide bonds. The minimum absolute atomic E-state index is 0.00764.